The molecule has 1 N–H and O–H groups in total. The zero-order valence-corrected chi connectivity index (χ0v) is 11.5. The predicted molar refractivity (Wildman–Crippen MR) is 72.4 cm³/mol. The molecule has 1 saturated heterocycles. The lowest BCUT2D eigenvalue weighted by molar-refractivity contribution is 0.560. The summed E-state index contributed by atoms with van der Waals surface area (Å²) < 4.78 is 0. The molecule has 1 aromatic rings. The van der Waals surface area contributed by atoms with Crippen molar-refractivity contribution in [2.24, 2.45) is 5.92 Å². The maximum atomic E-state index is 4.59. The van der Waals surface area contributed by atoms with E-state index in [0.717, 1.165) is 18.9 Å². The molecule has 94 valence electrons. The second-order valence-corrected chi connectivity index (χ2v) is 6.30. The highest BCUT2D eigenvalue weighted by atomic mass is 14.9. The Morgan fingerprint density at radius 3 is 2.76 bits per heavy atom. The van der Waals surface area contributed by atoms with Crippen LogP contribution in [-0.4, -0.2) is 18.1 Å². The Hall–Kier alpha value is -0.890. The van der Waals surface area contributed by atoms with Gasteiger partial charge in [-0.25, -0.2) is 0 Å². The zero-order chi connectivity index (χ0) is 12.5. The van der Waals surface area contributed by atoms with Crippen molar-refractivity contribution in [3.05, 3.63) is 29.1 Å². The van der Waals surface area contributed by atoms with Gasteiger partial charge in [0.1, 0.15) is 0 Å². The van der Waals surface area contributed by atoms with Crippen LogP contribution < -0.4 is 5.32 Å². The molecule has 2 nitrogen and oxygen atoms in total. The summed E-state index contributed by atoms with van der Waals surface area (Å²) in [4.78, 5) is 4.59. The molecule has 17 heavy (non-hydrogen) atoms. The van der Waals surface area contributed by atoms with E-state index in [2.05, 4.69) is 44.1 Å². The van der Waals surface area contributed by atoms with Gasteiger partial charge in [0.2, 0.25) is 0 Å². The summed E-state index contributed by atoms with van der Waals surface area (Å²) in [7, 11) is 0. The normalized spacial score (nSPS) is 20.8. The second-order valence-electron chi connectivity index (χ2n) is 6.30. The molecule has 0 radical (unpaired) electrons. The Balaban J connectivity index is 2.18. The second kappa shape index (κ2) is 4.77. The number of rotatable bonds is 2. The highest BCUT2D eigenvalue weighted by molar-refractivity contribution is 5.31. The molecule has 0 aromatic carbocycles. The van der Waals surface area contributed by atoms with Crippen molar-refractivity contribution < 1.29 is 0 Å². The van der Waals surface area contributed by atoms with Crippen LogP contribution in [0.3, 0.4) is 0 Å². The lowest BCUT2D eigenvalue weighted by Crippen LogP contribution is -2.16. The minimum atomic E-state index is 0.218. The fourth-order valence-corrected chi connectivity index (χ4v) is 2.67. The van der Waals surface area contributed by atoms with E-state index in [1.54, 1.807) is 0 Å². The molecule has 1 fully saturated rings. The molecule has 0 aliphatic carbocycles. The third-order valence-electron chi connectivity index (χ3n) is 3.63. The number of pyridine rings is 1. The zero-order valence-electron chi connectivity index (χ0n) is 11.5. The summed E-state index contributed by atoms with van der Waals surface area (Å²) in [5, 5.41) is 3.42. The van der Waals surface area contributed by atoms with Gasteiger partial charge in [-0.2, -0.15) is 0 Å². The maximum Gasteiger partial charge on any atom is 0.0410 e. The Labute approximate surface area is 105 Å². The molecule has 1 unspecified atom stereocenters. The van der Waals surface area contributed by atoms with Crippen LogP contribution in [0.2, 0.25) is 0 Å². The van der Waals surface area contributed by atoms with E-state index in [0.29, 0.717) is 0 Å². The molecule has 1 atom stereocenters. The summed E-state index contributed by atoms with van der Waals surface area (Å²) in [6.45, 7) is 11.3. The molecule has 1 aliphatic rings. The number of nitrogens with one attached hydrogen (secondary N) is 1. The first-order valence-corrected chi connectivity index (χ1v) is 6.63. The lowest BCUT2D eigenvalue weighted by atomic mass is 9.84. The number of hydrogen-bond acceptors (Lipinski definition) is 2. The van der Waals surface area contributed by atoms with Crippen molar-refractivity contribution in [3.8, 4) is 0 Å². The van der Waals surface area contributed by atoms with E-state index in [1.807, 2.05) is 6.20 Å². The summed E-state index contributed by atoms with van der Waals surface area (Å²) in [6.07, 6.45) is 4.45. The molecule has 2 heteroatoms. The largest absolute Gasteiger partial charge is 0.316 e. The van der Waals surface area contributed by atoms with Crippen LogP contribution in [0.5, 0.6) is 0 Å². The summed E-state index contributed by atoms with van der Waals surface area (Å²) in [5.74, 6) is 0.776. The van der Waals surface area contributed by atoms with E-state index in [-0.39, 0.29) is 5.41 Å². The van der Waals surface area contributed by atoms with E-state index >= 15 is 0 Å². The van der Waals surface area contributed by atoms with Gasteiger partial charge in [-0.15, -0.1) is 0 Å². The molecule has 2 heterocycles. The summed E-state index contributed by atoms with van der Waals surface area (Å²) in [5.41, 5.74) is 4.23. The molecule has 2 rings (SSSR count). The minimum absolute atomic E-state index is 0.218. The maximum absolute atomic E-state index is 4.59. The summed E-state index contributed by atoms with van der Waals surface area (Å²) >= 11 is 0. The molecule has 0 saturated carbocycles. The molecular weight excluding hydrogens is 208 g/mol. The standard InChI is InChI=1S/C15H24N2/c1-11-9-17-13(7-12-5-6-16-10-12)8-14(11)15(2,3)4/h8-9,12,16H,5-7,10H2,1-4H3. The fourth-order valence-electron chi connectivity index (χ4n) is 2.67. The van der Waals surface area contributed by atoms with E-state index in [1.165, 1.54) is 29.8 Å². The first-order valence-electron chi connectivity index (χ1n) is 6.63. The van der Waals surface area contributed by atoms with Crippen LogP contribution in [0.25, 0.3) is 0 Å². The average molecular weight is 232 g/mol. The topological polar surface area (TPSA) is 24.9 Å². The molecule has 0 amide bonds. The third-order valence-corrected chi connectivity index (χ3v) is 3.63. The van der Waals surface area contributed by atoms with Crippen LogP contribution in [0.15, 0.2) is 12.3 Å². The first kappa shape index (κ1) is 12.6. The van der Waals surface area contributed by atoms with Gasteiger partial charge in [0.15, 0.2) is 0 Å². The molecular formula is C15H24N2. The fraction of sp³-hybridized carbons (Fsp3) is 0.667. The van der Waals surface area contributed by atoms with Gasteiger partial charge in [0.05, 0.1) is 0 Å². The highest BCUT2D eigenvalue weighted by Gasteiger charge is 2.19. The van der Waals surface area contributed by atoms with E-state index < -0.39 is 0 Å². The Bertz CT molecular complexity index is 384. The number of aromatic nitrogens is 1. The predicted octanol–water partition coefficient (Wildman–Crippen LogP) is 2.84. The molecule has 1 aliphatic heterocycles. The van der Waals surface area contributed by atoms with E-state index in [9.17, 15) is 0 Å². The highest BCUT2D eigenvalue weighted by Crippen LogP contribution is 2.26. The van der Waals surface area contributed by atoms with Crippen molar-refractivity contribution in [2.75, 3.05) is 13.1 Å². The Morgan fingerprint density at radius 1 is 1.41 bits per heavy atom. The van der Waals surface area contributed by atoms with Gasteiger partial charge in [0, 0.05) is 11.9 Å². The van der Waals surface area contributed by atoms with Gasteiger partial charge >= 0.3 is 0 Å². The number of aryl methyl sites for hydroxylation is 1. The third kappa shape index (κ3) is 3.06. The van der Waals surface area contributed by atoms with Crippen LogP contribution in [0, 0.1) is 12.8 Å². The Kier molecular flexibility index (Phi) is 3.53. The Morgan fingerprint density at radius 2 is 2.18 bits per heavy atom. The van der Waals surface area contributed by atoms with Gasteiger partial charge in [0.25, 0.3) is 0 Å². The summed E-state index contributed by atoms with van der Waals surface area (Å²) in [6, 6.07) is 2.31. The van der Waals surface area contributed by atoms with Crippen molar-refractivity contribution in [3.63, 3.8) is 0 Å². The lowest BCUT2D eigenvalue weighted by Gasteiger charge is -2.22. The van der Waals surface area contributed by atoms with Gasteiger partial charge in [-0.05, 0) is 61.4 Å². The quantitative estimate of drug-likeness (QED) is 0.848. The van der Waals surface area contributed by atoms with Crippen molar-refractivity contribution in [2.45, 2.75) is 46.0 Å². The molecule has 1 aromatic heterocycles. The smallest absolute Gasteiger partial charge is 0.0410 e. The number of nitrogens with zero attached hydrogens (tertiary/aromatic N) is 1. The van der Waals surface area contributed by atoms with Crippen LogP contribution in [-0.2, 0) is 11.8 Å². The SMILES string of the molecule is Cc1cnc(CC2CCNC2)cc1C(C)(C)C. The number of hydrogen-bond donors (Lipinski definition) is 1. The van der Waals surface area contributed by atoms with Gasteiger partial charge < -0.3 is 5.32 Å². The van der Waals surface area contributed by atoms with Crippen LogP contribution in [0.4, 0.5) is 0 Å². The molecule has 0 spiro atoms. The first-order chi connectivity index (χ1) is 7.97. The van der Waals surface area contributed by atoms with Crippen molar-refractivity contribution in [1.82, 2.24) is 10.3 Å². The van der Waals surface area contributed by atoms with Crippen molar-refractivity contribution >= 4 is 0 Å². The van der Waals surface area contributed by atoms with Crippen LogP contribution in [0.1, 0.15) is 44.0 Å². The molecule has 0 bridgehead atoms. The van der Waals surface area contributed by atoms with E-state index in [4.69, 9.17) is 0 Å². The minimum Gasteiger partial charge on any atom is -0.316 e. The van der Waals surface area contributed by atoms with Gasteiger partial charge in [-0.1, -0.05) is 20.8 Å². The monoisotopic (exact) mass is 232 g/mol. The van der Waals surface area contributed by atoms with Crippen molar-refractivity contribution in [1.29, 1.82) is 0 Å². The van der Waals surface area contributed by atoms with Gasteiger partial charge in [-0.3, -0.25) is 4.98 Å². The average Bonchev–Trinajstić information content (AvgIpc) is 2.72. The van der Waals surface area contributed by atoms with Crippen LogP contribution >= 0.6 is 0 Å².